The zero-order valence-electron chi connectivity index (χ0n) is 14.4. The molecule has 0 fully saturated rings. The number of hydrogen-bond donors (Lipinski definition) is 2. The maximum absolute atomic E-state index is 12.2. The van der Waals surface area contributed by atoms with Crippen molar-refractivity contribution in [3.05, 3.63) is 96.1 Å². The number of rotatable bonds is 4. The Kier molecular flexibility index (Phi) is 4.52. The molecule has 0 bridgehead atoms. The van der Waals surface area contributed by atoms with Crippen molar-refractivity contribution in [2.45, 2.75) is 13.1 Å². The van der Waals surface area contributed by atoms with Gasteiger partial charge in [0.2, 0.25) is 0 Å². The number of carbonyl (C=O) groups excluding carboxylic acids is 1. The molecule has 4 rings (SSSR count). The quantitative estimate of drug-likeness (QED) is 0.540. The molecule has 3 heteroatoms. The summed E-state index contributed by atoms with van der Waals surface area (Å²) in [4.78, 5) is 12.2. The van der Waals surface area contributed by atoms with Crippen molar-refractivity contribution in [2.24, 2.45) is 0 Å². The average Bonchev–Trinajstić information content (AvgIpc) is 2.70. The number of carbonyl (C=O) groups is 1. The number of fused-ring (bicyclic) bond motifs is 2. The first kappa shape index (κ1) is 16.2. The van der Waals surface area contributed by atoms with Crippen LogP contribution < -0.4 is 10.6 Å². The lowest BCUT2D eigenvalue weighted by molar-refractivity contribution is 0.240. The van der Waals surface area contributed by atoms with Gasteiger partial charge in [0.25, 0.3) is 0 Å². The van der Waals surface area contributed by atoms with Crippen LogP contribution in [0, 0.1) is 0 Å². The molecule has 0 aliphatic carbocycles. The Morgan fingerprint density at radius 3 is 1.50 bits per heavy atom. The molecule has 3 nitrogen and oxygen atoms in total. The van der Waals surface area contributed by atoms with Crippen LogP contribution in [0.15, 0.2) is 84.9 Å². The monoisotopic (exact) mass is 340 g/mol. The van der Waals surface area contributed by atoms with E-state index in [2.05, 4.69) is 47.0 Å². The van der Waals surface area contributed by atoms with E-state index in [1.807, 2.05) is 48.5 Å². The first-order chi connectivity index (χ1) is 12.8. The number of hydrogen-bond acceptors (Lipinski definition) is 1. The molecular weight excluding hydrogens is 320 g/mol. The SMILES string of the molecule is O=C(NCc1cccc2ccccc12)NCc1cccc2ccccc12. The first-order valence-corrected chi connectivity index (χ1v) is 8.76. The zero-order chi connectivity index (χ0) is 17.8. The minimum Gasteiger partial charge on any atom is -0.334 e. The van der Waals surface area contributed by atoms with Gasteiger partial charge in [-0.3, -0.25) is 0 Å². The lowest BCUT2D eigenvalue weighted by Crippen LogP contribution is -2.34. The maximum Gasteiger partial charge on any atom is 0.315 e. The Bertz CT molecular complexity index is 976. The van der Waals surface area contributed by atoms with Crippen LogP contribution in [0.4, 0.5) is 4.79 Å². The highest BCUT2D eigenvalue weighted by atomic mass is 16.2. The Morgan fingerprint density at radius 2 is 1.00 bits per heavy atom. The summed E-state index contributed by atoms with van der Waals surface area (Å²) in [5.41, 5.74) is 2.23. The molecule has 0 saturated carbocycles. The smallest absolute Gasteiger partial charge is 0.315 e. The highest BCUT2D eigenvalue weighted by Crippen LogP contribution is 2.19. The van der Waals surface area contributed by atoms with Crippen LogP contribution in [-0.4, -0.2) is 6.03 Å². The number of benzene rings is 4. The van der Waals surface area contributed by atoms with Crippen LogP contribution in [-0.2, 0) is 13.1 Å². The summed E-state index contributed by atoms with van der Waals surface area (Å²) in [6.45, 7) is 1.01. The van der Waals surface area contributed by atoms with E-state index in [0.29, 0.717) is 13.1 Å². The van der Waals surface area contributed by atoms with Crippen LogP contribution >= 0.6 is 0 Å². The highest BCUT2D eigenvalue weighted by molar-refractivity contribution is 5.87. The minimum atomic E-state index is -0.161. The lowest BCUT2D eigenvalue weighted by atomic mass is 10.0. The topological polar surface area (TPSA) is 41.1 Å². The van der Waals surface area contributed by atoms with E-state index in [-0.39, 0.29) is 6.03 Å². The van der Waals surface area contributed by atoms with Crippen molar-refractivity contribution in [2.75, 3.05) is 0 Å². The van der Waals surface area contributed by atoms with E-state index in [1.165, 1.54) is 21.5 Å². The summed E-state index contributed by atoms with van der Waals surface area (Å²) in [5.74, 6) is 0. The molecule has 4 aromatic carbocycles. The molecule has 128 valence electrons. The van der Waals surface area contributed by atoms with Gasteiger partial charge in [-0.05, 0) is 32.7 Å². The van der Waals surface area contributed by atoms with Crippen molar-refractivity contribution in [3.8, 4) is 0 Å². The summed E-state index contributed by atoms with van der Waals surface area (Å²) in [5, 5.41) is 10.6. The normalized spacial score (nSPS) is 10.8. The van der Waals surface area contributed by atoms with Crippen molar-refractivity contribution in [1.29, 1.82) is 0 Å². The Hall–Kier alpha value is -3.33. The summed E-state index contributed by atoms with van der Waals surface area (Å²) in [6.07, 6.45) is 0. The van der Waals surface area contributed by atoms with Crippen molar-refractivity contribution < 1.29 is 4.79 Å². The molecule has 0 saturated heterocycles. The van der Waals surface area contributed by atoms with Crippen molar-refractivity contribution >= 4 is 27.6 Å². The molecular formula is C23H20N2O. The third-order valence-electron chi connectivity index (χ3n) is 4.64. The number of amides is 2. The fourth-order valence-electron chi connectivity index (χ4n) is 3.31. The van der Waals surface area contributed by atoms with Gasteiger partial charge in [0.15, 0.2) is 0 Å². The van der Waals surface area contributed by atoms with Gasteiger partial charge >= 0.3 is 6.03 Å². The number of nitrogens with one attached hydrogen (secondary N) is 2. The fraction of sp³-hybridized carbons (Fsp3) is 0.0870. The summed E-state index contributed by atoms with van der Waals surface area (Å²) < 4.78 is 0. The maximum atomic E-state index is 12.2. The summed E-state index contributed by atoms with van der Waals surface area (Å²) >= 11 is 0. The average molecular weight is 340 g/mol. The van der Waals surface area contributed by atoms with Gasteiger partial charge in [-0.2, -0.15) is 0 Å². The van der Waals surface area contributed by atoms with Gasteiger partial charge in [-0.1, -0.05) is 84.9 Å². The molecule has 0 spiro atoms. The van der Waals surface area contributed by atoms with E-state index >= 15 is 0 Å². The third-order valence-corrected chi connectivity index (χ3v) is 4.64. The molecule has 2 amide bonds. The highest BCUT2D eigenvalue weighted by Gasteiger charge is 2.05. The standard InChI is InChI=1S/C23H20N2O/c26-23(24-15-19-11-5-9-17-7-1-3-13-21(17)19)25-16-20-12-6-10-18-8-2-4-14-22(18)20/h1-14H,15-16H2,(H2,24,25,26). The van der Waals surface area contributed by atoms with Crippen LogP contribution in [0.3, 0.4) is 0 Å². The Labute approximate surface area is 152 Å². The van der Waals surface area contributed by atoms with Crippen molar-refractivity contribution in [3.63, 3.8) is 0 Å². The van der Waals surface area contributed by atoms with Crippen LogP contribution in [0.25, 0.3) is 21.5 Å². The van der Waals surface area contributed by atoms with Gasteiger partial charge in [0, 0.05) is 13.1 Å². The van der Waals surface area contributed by atoms with Crippen LogP contribution in [0.1, 0.15) is 11.1 Å². The molecule has 0 unspecified atom stereocenters. The second-order valence-electron chi connectivity index (χ2n) is 6.31. The predicted octanol–water partition coefficient (Wildman–Crippen LogP) is 4.99. The Morgan fingerprint density at radius 1 is 0.577 bits per heavy atom. The molecule has 0 radical (unpaired) electrons. The van der Waals surface area contributed by atoms with Gasteiger partial charge in [-0.15, -0.1) is 0 Å². The van der Waals surface area contributed by atoms with Crippen molar-refractivity contribution in [1.82, 2.24) is 10.6 Å². The van der Waals surface area contributed by atoms with Crippen LogP contribution in [0.2, 0.25) is 0 Å². The molecule has 0 heterocycles. The van der Waals surface area contributed by atoms with E-state index < -0.39 is 0 Å². The van der Waals surface area contributed by atoms with E-state index in [4.69, 9.17) is 0 Å². The second-order valence-corrected chi connectivity index (χ2v) is 6.31. The van der Waals surface area contributed by atoms with Gasteiger partial charge in [0.1, 0.15) is 0 Å². The molecule has 4 aromatic rings. The summed E-state index contributed by atoms with van der Waals surface area (Å²) in [7, 11) is 0. The Balaban J connectivity index is 1.41. The predicted molar refractivity (Wildman–Crippen MR) is 107 cm³/mol. The largest absolute Gasteiger partial charge is 0.334 e. The fourth-order valence-corrected chi connectivity index (χ4v) is 3.31. The third kappa shape index (κ3) is 3.38. The van der Waals surface area contributed by atoms with E-state index in [0.717, 1.165) is 11.1 Å². The molecule has 0 aliphatic rings. The zero-order valence-corrected chi connectivity index (χ0v) is 14.4. The molecule has 0 aliphatic heterocycles. The van der Waals surface area contributed by atoms with E-state index in [1.54, 1.807) is 0 Å². The van der Waals surface area contributed by atoms with Crippen LogP contribution in [0.5, 0.6) is 0 Å². The number of urea groups is 1. The van der Waals surface area contributed by atoms with Gasteiger partial charge in [-0.25, -0.2) is 4.79 Å². The molecule has 26 heavy (non-hydrogen) atoms. The first-order valence-electron chi connectivity index (χ1n) is 8.76. The lowest BCUT2D eigenvalue weighted by Gasteiger charge is -2.11. The van der Waals surface area contributed by atoms with E-state index in [9.17, 15) is 4.79 Å². The minimum absolute atomic E-state index is 0.161. The second kappa shape index (κ2) is 7.28. The molecule has 0 aromatic heterocycles. The van der Waals surface area contributed by atoms with Gasteiger partial charge in [0.05, 0.1) is 0 Å². The molecule has 2 N–H and O–H groups in total. The summed E-state index contributed by atoms with van der Waals surface area (Å²) in [6, 6.07) is 28.6. The molecule has 0 atom stereocenters. The van der Waals surface area contributed by atoms with Gasteiger partial charge < -0.3 is 10.6 Å².